The standard InChI is InChI=1S/C22H14B4ClF2N3O4/c23-17(32(26)20(36)22(28,29)13-2-4-14(27)5-3-13)11-1-6-15-12(9-11)10-30(18(15)34)21(24)8-7-16(33)31(25)19(21)35/h1-6,9,17H,7-8,10H2/t17?,21-/m1/s1. The smallest absolute Gasteiger partial charge is 0.348 e. The number of carbonyl (C=O) groups excluding carboxylic acids is 4. The monoisotopic (exact) mass is 501 g/mol. The Kier molecular flexibility index (Phi) is 6.58. The average molecular weight is 501 g/mol. The number of piperidine rings is 1. The number of amides is 4. The van der Waals surface area contributed by atoms with Crippen molar-refractivity contribution in [2.45, 2.75) is 36.7 Å². The van der Waals surface area contributed by atoms with Gasteiger partial charge in [-0.25, -0.2) is 0 Å². The summed E-state index contributed by atoms with van der Waals surface area (Å²) in [7, 11) is 23.4. The first kappa shape index (κ1) is 26.0. The van der Waals surface area contributed by atoms with E-state index in [4.69, 9.17) is 43.3 Å². The first-order valence-corrected chi connectivity index (χ1v) is 11.0. The van der Waals surface area contributed by atoms with E-state index in [0.29, 0.717) is 10.4 Å². The van der Waals surface area contributed by atoms with Crippen molar-refractivity contribution in [3.63, 3.8) is 0 Å². The minimum absolute atomic E-state index is 0.130. The Labute approximate surface area is 215 Å². The van der Waals surface area contributed by atoms with Crippen LogP contribution in [0.25, 0.3) is 0 Å². The molecule has 4 rings (SSSR count). The summed E-state index contributed by atoms with van der Waals surface area (Å²) in [5.41, 5.74) is -1.76. The van der Waals surface area contributed by atoms with Gasteiger partial charge in [-0.15, -0.1) is 0 Å². The lowest BCUT2D eigenvalue weighted by Crippen LogP contribution is -2.64. The highest BCUT2D eigenvalue weighted by Gasteiger charge is 2.49. The molecule has 7 nitrogen and oxygen atoms in total. The minimum Gasteiger partial charge on any atom is -0.393 e. The van der Waals surface area contributed by atoms with Gasteiger partial charge in [-0.1, -0.05) is 35.9 Å². The van der Waals surface area contributed by atoms with Crippen molar-refractivity contribution in [2.75, 3.05) is 0 Å². The van der Waals surface area contributed by atoms with Crippen LogP contribution in [0.3, 0.4) is 0 Å². The highest BCUT2D eigenvalue weighted by molar-refractivity contribution is 6.38. The molecule has 1 unspecified atom stereocenters. The van der Waals surface area contributed by atoms with Gasteiger partial charge in [-0.05, 0) is 35.7 Å². The van der Waals surface area contributed by atoms with Crippen LogP contribution in [0.2, 0.25) is 5.02 Å². The average Bonchev–Trinajstić information content (AvgIpc) is 3.20. The molecular weight excluding hydrogens is 487 g/mol. The Bertz CT molecular complexity index is 1280. The number of fused-ring (bicyclic) bond motifs is 1. The second-order valence-corrected chi connectivity index (χ2v) is 8.98. The van der Waals surface area contributed by atoms with Crippen LogP contribution < -0.4 is 0 Å². The fourth-order valence-corrected chi connectivity index (χ4v) is 4.30. The molecule has 8 radical (unpaired) electrons. The molecule has 2 aliphatic heterocycles. The summed E-state index contributed by atoms with van der Waals surface area (Å²) in [6, 6.07) is 8.55. The highest BCUT2D eigenvalue weighted by atomic mass is 35.5. The third-order valence-electron chi connectivity index (χ3n) is 6.34. The molecule has 174 valence electrons. The van der Waals surface area contributed by atoms with Gasteiger partial charge in [-0.3, -0.25) is 19.2 Å². The van der Waals surface area contributed by atoms with Gasteiger partial charge in [0, 0.05) is 35.1 Å². The summed E-state index contributed by atoms with van der Waals surface area (Å²) >= 11 is 5.72. The summed E-state index contributed by atoms with van der Waals surface area (Å²) in [5.74, 6) is -9.37. The molecule has 1 fully saturated rings. The van der Waals surface area contributed by atoms with Crippen molar-refractivity contribution in [2.24, 2.45) is 0 Å². The molecule has 2 atom stereocenters. The van der Waals surface area contributed by atoms with E-state index in [1.807, 2.05) is 0 Å². The number of benzene rings is 2. The molecular formula is C22H14B4ClF2N3O4. The van der Waals surface area contributed by atoms with E-state index < -0.39 is 46.5 Å². The topological polar surface area (TPSA) is 78.0 Å². The van der Waals surface area contributed by atoms with E-state index in [0.717, 1.165) is 17.0 Å². The van der Waals surface area contributed by atoms with E-state index >= 15 is 0 Å². The molecule has 14 heteroatoms. The number of hydrogen-bond acceptors (Lipinski definition) is 4. The summed E-state index contributed by atoms with van der Waals surface area (Å²) in [6.45, 7) is -0.140. The minimum atomic E-state index is -3.99. The number of carbonyl (C=O) groups is 4. The Hall–Kier alpha value is -3.07. The largest absolute Gasteiger partial charge is 0.393 e. The fourth-order valence-electron chi connectivity index (χ4n) is 4.18. The molecule has 2 heterocycles. The van der Waals surface area contributed by atoms with Gasteiger partial charge >= 0.3 is 5.92 Å². The maximum Gasteiger partial charge on any atom is 0.348 e. The van der Waals surface area contributed by atoms with Crippen LogP contribution in [0.4, 0.5) is 8.78 Å². The van der Waals surface area contributed by atoms with Gasteiger partial charge in [0.25, 0.3) is 11.8 Å². The Morgan fingerprint density at radius 1 is 1.14 bits per heavy atom. The molecule has 2 aliphatic rings. The van der Waals surface area contributed by atoms with Crippen LogP contribution in [0.5, 0.6) is 0 Å². The van der Waals surface area contributed by atoms with Gasteiger partial charge in [0.1, 0.15) is 15.7 Å². The number of hydrogen-bond donors (Lipinski definition) is 0. The van der Waals surface area contributed by atoms with Crippen LogP contribution in [0.1, 0.15) is 45.8 Å². The van der Waals surface area contributed by atoms with Crippen LogP contribution in [-0.4, -0.2) is 75.2 Å². The Balaban J connectivity index is 1.56. The lowest BCUT2D eigenvalue weighted by Gasteiger charge is -2.43. The van der Waals surface area contributed by atoms with Crippen molar-refractivity contribution in [3.8, 4) is 0 Å². The molecule has 0 N–H and O–H groups in total. The zero-order valence-corrected chi connectivity index (χ0v) is 19.4. The van der Waals surface area contributed by atoms with E-state index in [1.165, 1.54) is 30.3 Å². The molecule has 1 saturated heterocycles. The summed E-state index contributed by atoms with van der Waals surface area (Å²) in [6.07, 6.45) is -0.267. The van der Waals surface area contributed by atoms with Crippen LogP contribution in [-0.2, 0) is 26.9 Å². The predicted octanol–water partition coefficient (Wildman–Crippen LogP) is 1.26. The van der Waals surface area contributed by atoms with Crippen molar-refractivity contribution in [1.82, 2.24) is 14.5 Å². The maximum absolute atomic E-state index is 14.8. The first-order chi connectivity index (χ1) is 16.8. The number of imide groups is 1. The first-order valence-electron chi connectivity index (χ1n) is 10.6. The fraction of sp³-hybridized carbons (Fsp3) is 0.273. The molecule has 0 bridgehead atoms. The molecule has 0 spiro atoms. The lowest BCUT2D eigenvalue weighted by atomic mass is 9.68. The molecule has 2 aromatic carbocycles. The van der Waals surface area contributed by atoms with Gasteiger partial charge < -0.3 is 14.5 Å². The van der Waals surface area contributed by atoms with E-state index in [2.05, 4.69) is 0 Å². The second-order valence-electron chi connectivity index (χ2n) is 8.54. The number of nitrogens with zero attached hydrogens (tertiary/aromatic N) is 3. The van der Waals surface area contributed by atoms with Gasteiger partial charge in [0.05, 0.1) is 5.44 Å². The summed E-state index contributed by atoms with van der Waals surface area (Å²) in [4.78, 5) is 51.5. The van der Waals surface area contributed by atoms with Crippen LogP contribution >= 0.6 is 11.6 Å². The second kappa shape index (κ2) is 9.10. The summed E-state index contributed by atoms with van der Waals surface area (Å²) < 4.78 is 29.5. The van der Waals surface area contributed by atoms with Gasteiger partial charge in [0.15, 0.2) is 0 Å². The van der Waals surface area contributed by atoms with E-state index in [1.54, 1.807) is 0 Å². The van der Waals surface area contributed by atoms with E-state index in [9.17, 15) is 28.0 Å². The highest BCUT2D eigenvalue weighted by Crippen LogP contribution is 2.36. The number of alkyl halides is 2. The number of rotatable bonds is 5. The predicted molar refractivity (Wildman–Crippen MR) is 128 cm³/mol. The van der Waals surface area contributed by atoms with Crippen molar-refractivity contribution >= 4 is 66.9 Å². The van der Waals surface area contributed by atoms with E-state index in [-0.39, 0.29) is 40.3 Å². The molecule has 4 amide bonds. The Morgan fingerprint density at radius 3 is 2.42 bits per heavy atom. The Morgan fingerprint density at radius 2 is 1.78 bits per heavy atom. The molecule has 0 saturated carbocycles. The van der Waals surface area contributed by atoms with Crippen LogP contribution in [0.15, 0.2) is 42.5 Å². The zero-order valence-electron chi connectivity index (χ0n) is 18.7. The maximum atomic E-state index is 14.8. The van der Waals surface area contributed by atoms with Gasteiger partial charge in [-0.2, -0.15) is 8.78 Å². The zero-order chi connectivity index (χ0) is 26.6. The third kappa shape index (κ3) is 4.13. The molecule has 0 aliphatic carbocycles. The van der Waals surface area contributed by atoms with Crippen molar-refractivity contribution in [1.29, 1.82) is 0 Å². The SMILES string of the molecule is [B]C(c1ccc2c(c1)CN([C@]1([B])CCC(=O)N([B])C1=O)C2=O)N([B])C(=O)C(F)(F)c1ccc(Cl)cc1. The third-order valence-corrected chi connectivity index (χ3v) is 6.60. The van der Waals surface area contributed by atoms with Crippen molar-refractivity contribution in [3.05, 3.63) is 69.7 Å². The molecule has 2 aromatic rings. The van der Waals surface area contributed by atoms with Gasteiger partial charge in [0.2, 0.25) is 27.8 Å². The molecule has 36 heavy (non-hydrogen) atoms. The summed E-state index contributed by atoms with van der Waals surface area (Å²) in [5, 5.41) is 0.213. The number of halogens is 3. The van der Waals surface area contributed by atoms with Crippen molar-refractivity contribution < 1.29 is 28.0 Å². The van der Waals surface area contributed by atoms with Crippen LogP contribution in [0, 0.1) is 0 Å². The normalized spacial score (nSPS) is 20.9. The lowest BCUT2D eigenvalue weighted by molar-refractivity contribution is -0.154. The molecule has 0 aromatic heterocycles. The quantitative estimate of drug-likeness (QED) is 0.457.